The van der Waals surface area contributed by atoms with Gasteiger partial charge in [-0.3, -0.25) is 0 Å². The second-order valence-electron chi connectivity index (χ2n) is 7.45. The van der Waals surface area contributed by atoms with Gasteiger partial charge in [0.2, 0.25) is 0 Å². The van der Waals surface area contributed by atoms with E-state index < -0.39 is 6.10 Å². The van der Waals surface area contributed by atoms with Crippen LogP contribution in [-0.4, -0.2) is 30.0 Å². The van der Waals surface area contributed by atoms with E-state index in [1.165, 1.54) is 16.7 Å². The average molecular weight is 373 g/mol. The van der Waals surface area contributed by atoms with E-state index in [4.69, 9.17) is 4.74 Å². The molecule has 1 aliphatic heterocycles. The Morgan fingerprint density at radius 1 is 0.821 bits per heavy atom. The van der Waals surface area contributed by atoms with Crippen LogP contribution in [0.4, 0.5) is 0 Å². The van der Waals surface area contributed by atoms with Gasteiger partial charge in [0.05, 0.1) is 18.8 Å². The highest BCUT2D eigenvalue weighted by molar-refractivity contribution is 5.34. The number of benzene rings is 3. The summed E-state index contributed by atoms with van der Waals surface area (Å²) in [5.74, 6) is 0.149. The van der Waals surface area contributed by atoms with Crippen LogP contribution in [-0.2, 0) is 11.3 Å². The Balaban J connectivity index is 1.53. The number of aliphatic hydroxyl groups excluding tert-OH is 1. The molecule has 4 rings (SSSR count). The highest BCUT2D eigenvalue weighted by atomic mass is 16.5. The third-order valence-electron chi connectivity index (χ3n) is 5.53. The molecule has 0 radical (unpaired) electrons. The van der Waals surface area contributed by atoms with Gasteiger partial charge in [-0.25, -0.2) is 0 Å². The smallest absolute Gasteiger partial charge is 0.0927 e. The summed E-state index contributed by atoms with van der Waals surface area (Å²) in [5, 5.41) is 14.0. The quantitative estimate of drug-likeness (QED) is 0.683. The van der Waals surface area contributed by atoms with Crippen LogP contribution in [0.25, 0.3) is 0 Å². The van der Waals surface area contributed by atoms with Gasteiger partial charge >= 0.3 is 0 Å². The van der Waals surface area contributed by atoms with Crippen LogP contribution in [0.2, 0.25) is 0 Å². The number of aliphatic hydroxyl groups is 1. The maximum Gasteiger partial charge on any atom is 0.0927 e. The van der Waals surface area contributed by atoms with Crippen molar-refractivity contribution < 1.29 is 9.84 Å². The van der Waals surface area contributed by atoms with Crippen LogP contribution in [0.15, 0.2) is 91.0 Å². The second-order valence-corrected chi connectivity index (χ2v) is 7.45. The zero-order chi connectivity index (χ0) is 19.2. The van der Waals surface area contributed by atoms with Crippen molar-refractivity contribution in [1.82, 2.24) is 5.32 Å². The molecular formula is C25H27NO2. The summed E-state index contributed by atoms with van der Waals surface area (Å²) in [5.41, 5.74) is 3.72. The maximum atomic E-state index is 10.5. The highest BCUT2D eigenvalue weighted by Gasteiger charge is 2.35. The molecule has 1 heterocycles. The molecule has 3 nitrogen and oxygen atoms in total. The number of nitrogens with one attached hydrogen (secondary N) is 1. The second kappa shape index (κ2) is 9.16. The van der Waals surface area contributed by atoms with E-state index in [2.05, 4.69) is 66.0 Å². The minimum absolute atomic E-state index is 0.00822. The topological polar surface area (TPSA) is 41.5 Å². The van der Waals surface area contributed by atoms with Gasteiger partial charge in [-0.2, -0.15) is 0 Å². The van der Waals surface area contributed by atoms with E-state index in [0.717, 1.165) is 13.0 Å². The molecule has 2 N–H and O–H groups in total. The lowest BCUT2D eigenvalue weighted by molar-refractivity contribution is -0.0791. The molecule has 144 valence electrons. The van der Waals surface area contributed by atoms with Crippen LogP contribution >= 0.6 is 0 Å². The summed E-state index contributed by atoms with van der Waals surface area (Å²) in [6.07, 6.45) is 0.288. The van der Waals surface area contributed by atoms with Crippen molar-refractivity contribution >= 4 is 0 Å². The summed E-state index contributed by atoms with van der Waals surface area (Å²) in [4.78, 5) is 0. The van der Waals surface area contributed by atoms with Crippen molar-refractivity contribution in [2.75, 3.05) is 6.61 Å². The van der Waals surface area contributed by atoms with E-state index in [1.54, 1.807) is 0 Å². The molecule has 1 fully saturated rings. The summed E-state index contributed by atoms with van der Waals surface area (Å²) in [6.45, 7) is 1.10. The van der Waals surface area contributed by atoms with Crippen LogP contribution in [0.5, 0.6) is 0 Å². The maximum absolute atomic E-state index is 10.5. The summed E-state index contributed by atoms with van der Waals surface area (Å²) >= 11 is 0. The molecule has 0 saturated carbocycles. The fraction of sp³-hybridized carbons (Fsp3) is 0.280. The molecule has 3 heteroatoms. The highest BCUT2D eigenvalue weighted by Crippen LogP contribution is 2.34. The molecule has 0 bridgehead atoms. The van der Waals surface area contributed by atoms with Gasteiger partial charge in [-0.05, 0) is 23.1 Å². The minimum Gasteiger partial charge on any atom is -0.389 e. The fourth-order valence-electron chi connectivity index (χ4n) is 4.05. The Hall–Kier alpha value is -2.46. The third-order valence-corrected chi connectivity index (χ3v) is 5.53. The van der Waals surface area contributed by atoms with Crippen molar-refractivity contribution in [3.05, 3.63) is 108 Å². The number of rotatable bonds is 6. The fourth-order valence-corrected chi connectivity index (χ4v) is 4.05. The molecule has 0 aromatic heterocycles. The predicted octanol–water partition coefficient (Wildman–Crippen LogP) is 4.13. The molecule has 28 heavy (non-hydrogen) atoms. The Morgan fingerprint density at radius 3 is 1.93 bits per heavy atom. The van der Waals surface area contributed by atoms with Crippen molar-refractivity contribution in [1.29, 1.82) is 0 Å². The number of hydrogen-bond donors (Lipinski definition) is 2. The SMILES string of the molecule is O[C@H]1CO[C@@H](C(c2ccccc2)c2ccccc2)C[C@@H]1NCc1ccccc1. The van der Waals surface area contributed by atoms with E-state index in [0.29, 0.717) is 6.61 Å². The molecule has 0 amide bonds. The Kier molecular flexibility index (Phi) is 6.17. The molecular weight excluding hydrogens is 346 g/mol. The van der Waals surface area contributed by atoms with Gasteiger partial charge in [0, 0.05) is 18.5 Å². The van der Waals surface area contributed by atoms with Crippen LogP contribution in [0, 0.1) is 0 Å². The zero-order valence-electron chi connectivity index (χ0n) is 15.9. The van der Waals surface area contributed by atoms with Crippen molar-refractivity contribution in [2.24, 2.45) is 0 Å². The molecule has 3 atom stereocenters. The first kappa shape index (κ1) is 18.9. The van der Waals surface area contributed by atoms with Crippen LogP contribution < -0.4 is 5.32 Å². The lowest BCUT2D eigenvalue weighted by atomic mass is 9.82. The van der Waals surface area contributed by atoms with E-state index in [1.807, 2.05) is 30.3 Å². The van der Waals surface area contributed by atoms with Crippen molar-refractivity contribution in [3.63, 3.8) is 0 Å². The summed E-state index contributed by atoms with van der Waals surface area (Å²) in [7, 11) is 0. The molecule has 0 unspecified atom stereocenters. The third kappa shape index (κ3) is 4.50. The van der Waals surface area contributed by atoms with Gasteiger partial charge in [-0.1, -0.05) is 91.0 Å². The summed E-state index contributed by atoms with van der Waals surface area (Å²) in [6, 6.07) is 31.4. The van der Waals surface area contributed by atoms with Crippen LogP contribution in [0.1, 0.15) is 29.0 Å². The molecule has 3 aromatic carbocycles. The standard InChI is InChI=1S/C25H27NO2/c27-23-18-28-24(16-22(23)26-17-19-10-4-1-5-11-19)25(20-12-6-2-7-13-20)21-14-8-3-9-15-21/h1-15,22-27H,16-18H2/t22-,23-,24+/m0/s1. The van der Waals surface area contributed by atoms with Gasteiger partial charge in [0.1, 0.15) is 0 Å². The lowest BCUT2D eigenvalue weighted by Gasteiger charge is -2.38. The Bertz CT molecular complexity index is 799. The van der Waals surface area contributed by atoms with Gasteiger partial charge < -0.3 is 15.2 Å². The van der Waals surface area contributed by atoms with Gasteiger partial charge in [0.15, 0.2) is 0 Å². The summed E-state index contributed by atoms with van der Waals surface area (Å²) < 4.78 is 6.15. The molecule has 3 aromatic rings. The normalized spacial score (nSPS) is 22.3. The van der Waals surface area contributed by atoms with E-state index in [-0.39, 0.29) is 18.1 Å². The Labute approximate surface area is 167 Å². The number of ether oxygens (including phenoxy) is 1. The zero-order valence-corrected chi connectivity index (χ0v) is 15.9. The van der Waals surface area contributed by atoms with Crippen molar-refractivity contribution in [3.8, 4) is 0 Å². The van der Waals surface area contributed by atoms with E-state index in [9.17, 15) is 5.11 Å². The molecule has 1 saturated heterocycles. The average Bonchev–Trinajstić information content (AvgIpc) is 2.76. The van der Waals surface area contributed by atoms with Gasteiger partial charge in [-0.15, -0.1) is 0 Å². The molecule has 1 aliphatic rings. The first-order valence-electron chi connectivity index (χ1n) is 9.98. The van der Waals surface area contributed by atoms with E-state index >= 15 is 0 Å². The Morgan fingerprint density at radius 2 is 1.36 bits per heavy atom. The van der Waals surface area contributed by atoms with Gasteiger partial charge in [0.25, 0.3) is 0 Å². The first-order valence-corrected chi connectivity index (χ1v) is 9.98. The lowest BCUT2D eigenvalue weighted by Crippen LogP contribution is -2.50. The predicted molar refractivity (Wildman–Crippen MR) is 112 cm³/mol. The monoisotopic (exact) mass is 373 g/mol. The molecule has 0 spiro atoms. The first-order chi connectivity index (χ1) is 13.8. The minimum atomic E-state index is -0.493. The van der Waals surface area contributed by atoms with Crippen LogP contribution in [0.3, 0.4) is 0 Å². The number of hydrogen-bond acceptors (Lipinski definition) is 3. The molecule has 0 aliphatic carbocycles. The van der Waals surface area contributed by atoms with Crippen molar-refractivity contribution in [2.45, 2.75) is 37.1 Å². The largest absolute Gasteiger partial charge is 0.389 e.